The smallest absolute Gasteiger partial charge is 0.334 e. The van der Waals surface area contributed by atoms with Crippen molar-refractivity contribution in [3.8, 4) is 0 Å². The molecule has 29 heavy (non-hydrogen) atoms. The summed E-state index contributed by atoms with van der Waals surface area (Å²) < 4.78 is 28.8. The summed E-state index contributed by atoms with van der Waals surface area (Å²) in [5.74, 6) is -0.749. The maximum absolute atomic E-state index is 13.4. The SMILES string of the molecule is Nc1cc(C(=O)N2CCc3[nH]cnc3[C@@H]2c2cc3ccccn3n2)n(C(F)F)n1. The molecule has 5 rings (SSSR count). The largest absolute Gasteiger partial charge is 0.382 e. The highest BCUT2D eigenvalue weighted by Gasteiger charge is 2.38. The maximum Gasteiger partial charge on any atom is 0.334 e. The summed E-state index contributed by atoms with van der Waals surface area (Å²) in [5.41, 5.74) is 8.27. The summed E-state index contributed by atoms with van der Waals surface area (Å²) in [6.07, 6.45) is 3.87. The second-order valence-corrected chi connectivity index (χ2v) is 6.73. The number of imidazole rings is 1. The molecule has 9 nitrogen and oxygen atoms in total. The van der Waals surface area contributed by atoms with E-state index in [0.29, 0.717) is 29.0 Å². The lowest BCUT2D eigenvalue weighted by Crippen LogP contribution is -2.41. The second kappa shape index (κ2) is 6.40. The summed E-state index contributed by atoms with van der Waals surface area (Å²) >= 11 is 0. The Morgan fingerprint density at radius 3 is 2.93 bits per heavy atom. The number of hydrogen-bond donors (Lipinski definition) is 2. The molecule has 0 aliphatic carbocycles. The Morgan fingerprint density at radius 1 is 1.28 bits per heavy atom. The van der Waals surface area contributed by atoms with Crippen molar-refractivity contribution in [2.75, 3.05) is 12.3 Å². The third kappa shape index (κ3) is 2.73. The topological polar surface area (TPSA) is 110 Å². The zero-order chi connectivity index (χ0) is 20.1. The minimum Gasteiger partial charge on any atom is -0.382 e. The van der Waals surface area contributed by atoms with Gasteiger partial charge in [0.25, 0.3) is 5.91 Å². The van der Waals surface area contributed by atoms with Crippen LogP contribution in [0.2, 0.25) is 0 Å². The van der Waals surface area contributed by atoms with Crippen molar-refractivity contribution in [2.45, 2.75) is 19.0 Å². The van der Waals surface area contributed by atoms with Crippen molar-refractivity contribution in [3.05, 3.63) is 65.6 Å². The number of nitrogens with two attached hydrogens (primary N) is 1. The van der Waals surface area contributed by atoms with E-state index >= 15 is 0 Å². The Bertz CT molecular complexity index is 1180. The zero-order valence-corrected chi connectivity index (χ0v) is 15.0. The second-order valence-electron chi connectivity index (χ2n) is 6.73. The molecule has 0 spiro atoms. The number of aromatic amines is 1. The van der Waals surface area contributed by atoms with Gasteiger partial charge in [-0.2, -0.15) is 18.6 Å². The van der Waals surface area contributed by atoms with Gasteiger partial charge < -0.3 is 15.6 Å². The van der Waals surface area contributed by atoms with Crippen LogP contribution >= 0.6 is 0 Å². The fraction of sp³-hybridized carbons (Fsp3) is 0.222. The first-order valence-corrected chi connectivity index (χ1v) is 8.93. The highest BCUT2D eigenvalue weighted by Crippen LogP contribution is 2.34. The van der Waals surface area contributed by atoms with Crippen LogP contribution in [0.25, 0.3) is 5.52 Å². The summed E-state index contributed by atoms with van der Waals surface area (Å²) in [5, 5.41) is 8.13. The average molecular weight is 398 g/mol. The predicted octanol–water partition coefficient (Wildman–Crippen LogP) is 2.02. The lowest BCUT2D eigenvalue weighted by Gasteiger charge is -2.33. The summed E-state index contributed by atoms with van der Waals surface area (Å²) in [6, 6.07) is 8.01. The maximum atomic E-state index is 13.4. The van der Waals surface area contributed by atoms with Crippen LogP contribution in [-0.4, -0.2) is 46.7 Å². The van der Waals surface area contributed by atoms with E-state index in [4.69, 9.17) is 5.73 Å². The monoisotopic (exact) mass is 398 g/mol. The lowest BCUT2D eigenvalue weighted by molar-refractivity contribution is 0.0443. The number of nitrogens with one attached hydrogen (secondary N) is 1. The Hall–Kier alpha value is -3.76. The average Bonchev–Trinajstić information content (AvgIpc) is 3.43. The molecule has 0 unspecified atom stereocenters. The Balaban J connectivity index is 1.62. The fourth-order valence-corrected chi connectivity index (χ4v) is 3.76. The standard InChI is InChI=1S/C18H16F2N8O/c19-18(20)28-13(8-14(21)25-28)17(29)26-6-4-11-15(23-9-22-11)16(26)12-7-10-3-1-2-5-27(10)24-12/h1-3,5,7-9,16,18H,4,6H2,(H2,21,25)(H,22,23)/t16-/m0/s1. The summed E-state index contributed by atoms with van der Waals surface area (Å²) in [4.78, 5) is 22.2. The third-order valence-corrected chi connectivity index (χ3v) is 5.01. The van der Waals surface area contributed by atoms with Crippen molar-refractivity contribution in [2.24, 2.45) is 0 Å². The first kappa shape index (κ1) is 17.3. The number of H-pyrrole nitrogens is 1. The number of nitrogen functional groups attached to an aromatic ring is 1. The van der Waals surface area contributed by atoms with E-state index in [1.165, 1.54) is 4.90 Å². The number of fused-ring (bicyclic) bond motifs is 2. The highest BCUT2D eigenvalue weighted by atomic mass is 19.3. The summed E-state index contributed by atoms with van der Waals surface area (Å²) in [6.45, 7) is -2.67. The van der Waals surface area contributed by atoms with Crippen molar-refractivity contribution < 1.29 is 13.6 Å². The van der Waals surface area contributed by atoms with Crippen LogP contribution in [0.3, 0.4) is 0 Å². The van der Waals surface area contributed by atoms with E-state index in [0.717, 1.165) is 17.3 Å². The van der Waals surface area contributed by atoms with Gasteiger partial charge in [0.2, 0.25) is 0 Å². The van der Waals surface area contributed by atoms with E-state index in [-0.39, 0.29) is 11.5 Å². The molecule has 1 aliphatic rings. The van der Waals surface area contributed by atoms with Gasteiger partial charge in [-0.05, 0) is 18.2 Å². The number of hydrogen-bond acceptors (Lipinski definition) is 5. The van der Waals surface area contributed by atoms with Gasteiger partial charge in [-0.3, -0.25) is 4.79 Å². The minimum atomic E-state index is -2.98. The van der Waals surface area contributed by atoms with Gasteiger partial charge in [0.1, 0.15) is 17.6 Å². The molecule has 4 aromatic heterocycles. The molecule has 1 atom stereocenters. The molecule has 0 fully saturated rings. The lowest BCUT2D eigenvalue weighted by atomic mass is 9.99. The van der Waals surface area contributed by atoms with E-state index < -0.39 is 18.5 Å². The van der Waals surface area contributed by atoms with Crippen LogP contribution in [0, 0.1) is 0 Å². The molecule has 0 saturated heterocycles. The van der Waals surface area contributed by atoms with Crippen LogP contribution in [0.4, 0.5) is 14.6 Å². The van der Waals surface area contributed by atoms with Crippen LogP contribution in [-0.2, 0) is 6.42 Å². The minimum absolute atomic E-state index is 0.143. The number of carbonyl (C=O) groups excluding carboxylic acids is 1. The number of alkyl halides is 2. The van der Waals surface area contributed by atoms with Crippen LogP contribution in [0.15, 0.2) is 42.9 Å². The highest BCUT2D eigenvalue weighted by molar-refractivity contribution is 5.94. The number of amides is 1. The van der Waals surface area contributed by atoms with Crippen molar-refractivity contribution in [1.82, 2.24) is 34.3 Å². The first-order valence-electron chi connectivity index (χ1n) is 8.93. The molecule has 1 amide bonds. The third-order valence-electron chi connectivity index (χ3n) is 5.01. The van der Waals surface area contributed by atoms with Gasteiger partial charge in [0, 0.05) is 30.9 Å². The van der Waals surface area contributed by atoms with Gasteiger partial charge in [-0.1, -0.05) is 6.07 Å². The van der Waals surface area contributed by atoms with E-state index in [1.807, 2.05) is 24.3 Å². The molecule has 11 heteroatoms. The predicted molar refractivity (Wildman–Crippen MR) is 98.3 cm³/mol. The van der Waals surface area contributed by atoms with E-state index in [9.17, 15) is 13.6 Å². The van der Waals surface area contributed by atoms with Gasteiger partial charge in [0.15, 0.2) is 0 Å². The molecular weight excluding hydrogens is 382 g/mol. The Kier molecular flexibility index (Phi) is 3.83. The van der Waals surface area contributed by atoms with Crippen molar-refractivity contribution in [3.63, 3.8) is 0 Å². The Labute approximate surface area is 162 Å². The van der Waals surface area contributed by atoms with Gasteiger partial charge >= 0.3 is 6.55 Å². The number of aromatic nitrogens is 6. The molecule has 0 saturated carbocycles. The first-order chi connectivity index (χ1) is 14.0. The molecule has 4 aromatic rings. The molecule has 0 radical (unpaired) electrons. The van der Waals surface area contributed by atoms with Gasteiger partial charge in [-0.25, -0.2) is 9.50 Å². The number of nitrogens with zero attached hydrogens (tertiary/aromatic N) is 6. The number of carbonyl (C=O) groups is 1. The fourth-order valence-electron chi connectivity index (χ4n) is 3.76. The van der Waals surface area contributed by atoms with Crippen LogP contribution in [0.5, 0.6) is 0 Å². The van der Waals surface area contributed by atoms with E-state index in [2.05, 4.69) is 20.2 Å². The van der Waals surface area contributed by atoms with E-state index in [1.54, 1.807) is 17.0 Å². The number of rotatable bonds is 3. The summed E-state index contributed by atoms with van der Waals surface area (Å²) in [7, 11) is 0. The molecule has 148 valence electrons. The van der Waals surface area contributed by atoms with Crippen molar-refractivity contribution in [1.29, 1.82) is 0 Å². The molecule has 0 bridgehead atoms. The normalized spacial score (nSPS) is 16.5. The number of pyridine rings is 1. The molecule has 5 heterocycles. The molecular formula is C18H16F2N8O. The number of halogens is 2. The Morgan fingerprint density at radius 2 is 2.14 bits per heavy atom. The molecule has 3 N–H and O–H groups in total. The number of anilines is 1. The zero-order valence-electron chi connectivity index (χ0n) is 15.0. The van der Waals surface area contributed by atoms with Crippen LogP contribution in [0.1, 0.15) is 40.2 Å². The molecule has 0 aromatic carbocycles. The quantitative estimate of drug-likeness (QED) is 0.549. The molecule has 1 aliphatic heterocycles. The van der Waals surface area contributed by atoms with Crippen molar-refractivity contribution >= 4 is 17.2 Å². The van der Waals surface area contributed by atoms with Gasteiger partial charge in [0.05, 0.1) is 23.2 Å². The van der Waals surface area contributed by atoms with Gasteiger partial charge in [-0.15, -0.1) is 5.10 Å². The van der Waals surface area contributed by atoms with Crippen LogP contribution < -0.4 is 5.73 Å².